The maximum Gasteiger partial charge on any atom is 0.244 e. The molecule has 20 heavy (non-hydrogen) atoms. The Morgan fingerprint density at radius 3 is 2.85 bits per heavy atom. The van der Waals surface area contributed by atoms with Crippen LogP contribution in [0.5, 0.6) is 0 Å². The minimum Gasteiger partial charge on any atom is -0.461 e. The summed E-state index contributed by atoms with van der Waals surface area (Å²) in [5, 5.41) is 7.39. The van der Waals surface area contributed by atoms with Gasteiger partial charge in [-0.25, -0.2) is 0 Å². The zero-order valence-electron chi connectivity index (χ0n) is 10.7. The van der Waals surface area contributed by atoms with E-state index in [1.165, 1.54) is 11.1 Å². The molecule has 4 rings (SSSR count). The van der Waals surface area contributed by atoms with Gasteiger partial charge in [-0.2, -0.15) is 4.98 Å². The summed E-state index contributed by atoms with van der Waals surface area (Å²) in [5.74, 6) is 1.72. The molecule has 1 aliphatic rings. The first kappa shape index (κ1) is 11.4. The second-order valence-corrected chi connectivity index (χ2v) is 4.84. The summed E-state index contributed by atoms with van der Waals surface area (Å²) in [5.41, 5.74) is 2.66. The van der Waals surface area contributed by atoms with Crippen LogP contribution in [0, 0.1) is 0 Å². The Morgan fingerprint density at radius 1 is 1.10 bits per heavy atom. The van der Waals surface area contributed by atoms with Gasteiger partial charge < -0.3 is 14.3 Å². The summed E-state index contributed by atoms with van der Waals surface area (Å²) in [6.45, 7) is 0.819. The van der Waals surface area contributed by atoms with Crippen LogP contribution in [0.1, 0.15) is 23.1 Å². The van der Waals surface area contributed by atoms with Crippen LogP contribution in [0.2, 0.25) is 0 Å². The molecule has 5 nitrogen and oxygen atoms in total. The lowest BCUT2D eigenvalue weighted by atomic mass is 9.96. The van der Waals surface area contributed by atoms with Crippen molar-refractivity contribution in [1.29, 1.82) is 0 Å². The van der Waals surface area contributed by atoms with Crippen LogP contribution in [0.25, 0.3) is 11.6 Å². The molecule has 2 aromatic heterocycles. The molecule has 0 saturated carbocycles. The van der Waals surface area contributed by atoms with Crippen molar-refractivity contribution in [1.82, 2.24) is 15.5 Å². The molecule has 1 N–H and O–H groups in total. The third-order valence-electron chi connectivity index (χ3n) is 3.56. The number of hydrogen-bond acceptors (Lipinski definition) is 5. The predicted octanol–water partition coefficient (Wildman–Crippen LogP) is 2.72. The third-order valence-corrected chi connectivity index (χ3v) is 3.56. The quantitative estimate of drug-likeness (QED) is 0.773. The van der Waals surface area contributed by atoms with Gasteiger partial charge in [-0.1, -0.05) is 29.4 Å². The summed E-state index contributed by atoms with van der Waals surface area (Å²) >= 11 is 0. The largest absolute Gasteiger partial charge is 0.461 e. The molecule has 0 aliphatic carbocycles. The molecule has 3 heterocycles. The molecule has 1 atom stereocenters. The monoisotopic (exact) mass is 267 g/mol. The molecular weight excluding hydrogens is 254 g/mol. The Balaban J connectivity index is 1.60. The van der Waals surface area contributed by atoms with E-state index in [9.17, 15) is 0 Å². The third kappa shape index (κ3) is 1.92. The van der Waals surface area contributed by atoms with Crippen LogP contribution in [0.3, 0.4) is 0 Å². The fraction of sp³-hybridized carbons (Fsp3) is 0.200. The SMILES string of the molecule is c1coc(-c2noc([C@H]3Cc4ccccc4CN3)n2)c1. The maximum atomic E-state index is 5.36. The van der Waals surface area contributed by atoms with Gasteiger partial charge in [0.15, 0.2) is 5.76 Å². The molecule has 1 aromatic carbocycles. The fourth-order valence-corrected chi connectivity index (χ4v) is 2.51. The van der Waals surface area contributed by atoms with Crippen LogP contribution >= 0.6 is 0 Å². The maximum absolute atomic E-state index is 5.36. The zero-order valence-corrected chi connectivity index (χ0v) is 10.7. The average molecular weight is 267 g/mol. The minimum atomic E-state index is 0.0566. The predicted molar refractivity (Wildman–Crippen MR) is 71.7 cm³/mol. The molecule has 0 radical (unpaired) electrons. The summed E-state index contributed by atoms with van der Waals surface area (Å²) in [4.78, 5) is 4.42. The molecular formula is C15H13N3O2. The Labute approximate surface area is 115 Å². The van der Waals surface area contributed by atoms with Crippen molar-refractivity contribution in [2.24, 2.45) is 0 Å². The number of nitrogens with one attached hydrogen (secondary N) is 1. The first-order valence-corrected chi connectivity index (χ1v) is 6.58. The van der Waals surface area contributed by atoms with E-state index in [2.05, 4.69) is 39.7 Å². The number of nitrogens with zero attached hydrogens (tertiary/aromatic N) is 2. The number of fused-ring (bicyclic) bond motifs is 1. The van der Waals surface area contributed by atoms with Gasteiger partial charge in [0.25, 0.3) is 0 Å². The Hall–Kier alpha value is -2.40. The van der Waals surface area contributed by atoms with Gasteiger partial charge in [-0.3, -0.25) is 0 Å². The average Bonchev–Trinajstić information content (AvgIpc) is 3.17. The summed E-state index contributed by atoms with van der Waals surface area (Å²) in [6.07, 6.45) is 2.45. The fourth-order valence-electron chi connectivity index (χ4n) is 2.51. The Bertz CT molecular complexity index is 718. The first-order chi connectivity index (χ1) is 9.90. The second kappa shape index (κ2) is 4.61. The van der Waals surface area contributed by atoms with Crippen LogP contribution in [-0.4, -0.2) is 10.1 Å². The van der Waals surface area contributed by atoms with E-state index >= 15 is 0 Å². The van der Waals surface area contributed by atoms with Crippen LogP contribution < -0.4 is 5.32 Å². The van der Waals surface area contributed by atoms with E-state index in [1.807, 2.05) is 6.07 Å². The number of rotatable bonds is 2. The van der Waals surface area contributed by atoms with Crippen molar-refractivity contribution in [3.8, 4) is 11.6 Å². The van der Waals surface area contributed by atoms with Gasteiger partial charge in [-0.15, -0.1) is 0 Å². The molecule has 0 amide bonds. The molecule has 3 aromatic rings. The Kier molecular flexibility index (Phi) is 2.63. The standard InChI is InChI=1S/C15H13N3O2/c1-2-5-11-9-16-12(8-10(11)4-1)15-17-14(18-20-15)13-6-3-7-19-13/h1-7,12,16H,8-9H2/t12-/m1/s1. The highest BCUT2D eigenvalue weighted by Crippen LogP contribution is 2.26. The molecule has 100 valence electrons. The molecule has 5 heteroatoms. The van der Waals surface area contributed by atoms with Gasteiger partial charge in [0.1, 0.15) is 0 Å². The highest BCUT2D eigenvalue weighted by molar-refractivity contribution is 5.45. The van der Waals surface area contributed by atoms with Crippen molar-refractivity contribution in [3.63, 3.8) is 0 Å². The molecule has 0 saturated heterocycles. The van der Waals surface area contributed by atoms with Crippen molar-refractivity contribution in [2.75, 3.05) is 0 Å². The summed E-state index contributed by atoms with van der Waals surface area (Å²) in [6, 6.07) is 12.1. The van der Waals surface area contributed by atoms with E-state index in [1.54, 1.807) is 12.3 Å². The van der Waals surface area contributed by atoms with Crippen molar-refractivity contribution < 1.29 is 8.94 Å². The summed E-state index contributed by atoms with van der Waals surface area (Å²) < 4.78 is 10.6. The molecule has 0 fully saturated rings. The van der Waals surface area contributed by atoms with Gasteiger partial charge >= 0.3 is 0 Å². The normalized spacial score (nSPS) is 17.9. The van der Waals surface area contributed by atoms with Crippen molar-refractivity contribution >= 4 is 0 Å². The second-order valence-electron chi connectivity index (χ2n) is 4.84. The van der Waals surface area contributed by atoms with Gasteiger partial charge in [0.2, 0.25) is 11.7 Å². The molecule has 0 spiro atoms. The van der Waals surface area contributed by atoms with Crippen LogP contribution in [0.15, 0.2) is 51.6 Å². The lowest BCUT2D eigenvalue weighted by Crippen LogP contribution is -2.28. The lowest BCUT2D eigenvalue weighted by molar-refractivity contribution is 0.321. The van der Waals surface area contributed by atoms with E-state index in [0.29, 0.717) is 17.5 Å². The van der Waals surface area contributed by atoms with Crippen molar-refractivity contribution in [2.45, 2.75) is 19.0 Å². The number of hydrogen-bond donors (Lipinski definition) is 1. The number of furan rings is 1. The highest BCUT2D eigenvalue weighted by atomic mass is 16.5. The highest BCUT2D eigenvalue weighted by Gasteiger charge is 2.24. The topological polar surface area (TPSA) is 64.1 Å². The van der Waals surface area contributed by atoms with E-state index in [4.69, 9.17) is 8.94 Å². The Morgan fingerprint density at radius 2 is 2.00 bits per heavy atom. The van der Waals surface area contributed by atoms with Gasteiger partial charge in [0.05, 0.1) is 12.3 Å². The van der Waals surface area contributed by atoms with Crippen LogP contribution in [0.4, 0.5) is 0 Å². The lowest BCUT2D eigenvalue weighted by Gasteiger charge is -2.23. The van der Waals surface area contributed by atoms with E-state index < -0.39 is 0 Å². The van der Waals surface area contributed by atoms with E-state index in [-0.39, 0.29) is 6.04 Å². The molecule has 0 bridgehead atoms. The molecule has 1 aliphatic heterocycles. The van der Waals surface area contributed by atoms with Crippen molar-refractivity contribution in [3.05, 3.63) is 59.7 Å². The van der Waals surface area contributed by atoms with Crippen LogP contribution in [-0.2, 0) is 13.0 Å². The van der Waals surface area contributed by atoms with E-state index in [0.717, 1.165) is 13.0 Å². The zero-order chi connectivity index (χ0) is 13.4. The minimum absolute atomic E-state index is 0.0566. The first-order valence-electron chi connectivity index (χ1n) is 6.58. The van der Waals surface area contributed by atoms with Gasteiger partial charge in [-0.05, 0) is 29.7 Å². The number of aromatic nitrogens is 2. The number of benzene rings is 1. The van der Waals surface area contributed by atoms with Gasteiger partial charge in [0, 0.05) is 6.54 Å². The smallest absolute Gasteiger partial charge is 0.244 e. The molecule has 0 unspecified atom stereocenters. The summed E-state index contributed by atoms with van der Waals surface area (Å²) in [7, 11) is 0.